The summed E-state index contributed by atoms with van der Waals surface area (Å²) in [4.78, 5) is 17.4. The van der Waals surface area contributed by atoms with E-state index in [-0.39, 0.29) is 30.2 Å². The molecule has 0 radical (unpaired) electrons. The minimum absolute atomic E-state index is 0. The number of rotatable bonds is 5. The van der Waals surface area contributed by atoms with Crippen LogP contribution in [-0.4, -0.2) is 45.1 Å². The normalized spacial score (nSPS) is 19.3. The molecule has 1 heterocycles. The van der Waals surface area contributed by atoms with Crippen LogP contribution in [0.4, 0.5) is 5.69 Å². The predicted octanol–water partition coefficient (Wildman–Crippen LogP) is 3.99. The Kier molecular flexibility index (Phi) is 7.28. The number of benzene rings is 2. The zero-order valence-corrected chi connectivity index (χ0v) is 17.3. The van der Waals surface area contributed by atoms with E-state index in [9.17, 15) is 4.79 Å². The van der Waals surface area contributed by atoms with Crippen LogP contribution in [0.15, 0.2) is 48.5 Å². The molecule has 0 unspecified atom stereocenters. The lowest BCUT2D eigenvalue weighted by molar-refractivity contribution is -0.122. The lowest BCUT2D eigenvalue weighted by Crippen LogP contribution is -2.40. The second kappa shape index (κ2) is 9.25. The van der Waals surface area contributed by atoms with Crippen molar-refractivity contribution in [1.29, 1.82) is 0 Å². The van der Waals surface area contributed by atoms with Gasteiger partial charge >= 0.3 is 0 Å². The fourth-order valence-electron chi connectivity index (χ4n) is 3.69. The van der Waals surface area contributed by atoms with Crippen LogP contribution in [0.5, 0.6) is 5.75 Å². The molecule has 0 bridgehead atoms. The first kappa shape index (κ1) is 21.3. The zero-order chi connectivity index (χ0) is 18.7. The van der Waals surface area contributed by atoms with E-state index in [1.165, 1.54) is 11.1 Å². The SMILES string of the molecule is COc1ccc([C@H]2Cc3ccccc3N(CCN(C)C)C(=O)[C@H]2C)cc1.Cl. The predicted molar refractivity (Wildman–Crippen MR) is 113 cm³/mol. The molecule has 1 aliphatic rings. The van der Waals surface area contributed by atoms with Crippen molar-refractivity contribution in [2.45, 2.75) is 19.3 Å². The minimum Gasteiger partial charge on any atom is -0.497 e. The van der Waals surface area contributed by atoms with Gasteiger partial charge < -0.3 is 14.5 Å². The number of ether oxygens (including phenoxy) is 1. The molecule has 0 N–H and O–H groups in total. The minimum atomic E-state index is -0.0713. The quantitative estimate of drug-likeness (QED) is 0.776. The Morgan fingerprint density at radius 2 is 1.78 bits per heavy atom. The van der Waals surface area contributed by atoms with Gasteiger partial charge in [-0.1, -0.05) is 37.3 Å². The lowest BCUT2D eigenvalue weighted by Gasteiger charge is -2.27. The van der Waals surface area contributed by atoms with E-state index in [0.717, 1.165) is 24.4 Å². The van der Waals surface area contributed by atoms with E-state index in [1.807, 2.05) is 37.2 Å². The number of anilines is 1. The first-order chi connectivity index (χ1) is 12.5. The number of hydrogen-bond donors (Lipinski definition) is 0. The van der Waals surface area contributed by atoms with E-state index in [4.69, 9.17) is 4.74 Å². The summed E-state index contributed by atoms with van der Waals surface area (Å²) in [6, 6.07) is 16.4. The van der Waals surface area contributed by atoms with Gasteiger partial charge in [-0.3, -0.25) is 4.79 Å². The summed E-state index contributed by atoms with van der Waals surface area (Å²) in [5, 5.41) is 0. The highest BCUT2D eigenvalue weighted by molar-refractivity contribution is 5.97. The highest BCUT2D eigenvalue weighted by atomic mass is 35.5. The van der Waals surface area contributed by atoms with Crippen molar-refractivity contribution in [3.63, 3.8) is 0 Å². The van der Waals surface area contributed by atoms with E-state index in [0.29, 0.717) is 6.54 Å². The molecule has 3 rings (SSSR count). The average Bonchev–Trinajstić information content (AvgIpc) is 2.76. The van der Waals surface area contributed by atoms with Gasteiger partial charge in [0.1, 0.15) is 5.75 Å². The molecular weight excluding hydrogens is 360 g/mol. The van der Waals surface area contributed by atoms with Gasteiger partial charge in [-0.05, 0) is 55.8 Å². The van der Waals surface area contributed by atoms with Crippen molar-refractivity contribution in [3.8, 4) is 5.75 Å². The van der Waals surface area contributed by atoms with Gasteiger partial charge in [0.15, 0.2) is 0 Å². The molecule has 1 amide bonds. The zero-order valence-electron chi connectivity index (χ0n) is 16.5. The fourth-order valence-corrected chi connectivity index (χ4v) is 3.69. The summed E-state index contributed by atoms with van der Waals surface area (Å²) in [5.74, 6) is 1.14. The van der Waals surface area contributed by atoms with Crippen molar-refractivity contribution in [2.75, 3.05) is 39.2 Å². The van der Waals surface area contributed by atoms with Crippen molar-refractivity contribution >= 4 is 24.0 Å². The molecule has 0 aliphatic carbocycles. The van der Waals surface area contributed by atoms with Crippen molar-refractivity contribution < 1.29 is 9.53 Å². The lowest BCUT2D eigenvalue weighted by atomic mass is 9.83. The number of nitrogens with zero attached hydrogens (tertiary/aromatic N) is 2. The molecule has 2 aromatic rings. The largest absolute Gasteiger partial charge is 0.497 e. The number of likely N-dealkylation sites (N-methyl/N-ethyl adjacent to an activating group) is 1. The number of fused-ring (bicyclic) bond motifs is 1. The van der Waals surface area contributed by atoms with Crippen LogP contribution in [0.1, 0.15) is 24.0 Å². The molecule has 146 valence electrons. The molecule has 5 heteroatoms. The molecule has 2 atom stereocenters. The van der Waals surface area contributed by atoms with Gasteiger partial charge in [-0.15, -0.1) is 12.4 Å². The first-order valence-corrected chi connectivity index (χ1v) is 9.19. The van der Waals surface area contributed by atoms with E-state index < -0.39 is 0 Å². The Labute approximate surface area is 168 Å². The Morgan fingerprint density at radius 3 is 2.41 bits per heavy atom. The number of halogens is 1. The van der Waals surface area contributed by atoms with Crippen molar-refractivity contribution in [2.24, 2.45) is 5.92 Å². The molecule has 27 heavy (non-hydrogen) atoms. The summed E-state index contributed by atoms with van der Waals surface area (Å²) in [7, 11) is 5.75. The molecular formula is C22H29ClN2O2. The summed E-state index contributed by atoms with van der Waals surface area (Å²) in [5.41, 5.74) is 3.49. The third kappa shape index (κ3) is 4.63. The van der Waals surface area contributed by atoms with Crippen LogP contribution in [0, 0.1) is 5.92 Å². The van der Waals surface area contributed by atoms with Crippen LogP contribution in [0.2, 0.25) is 0 Å². The second-order valence-electron chi connectivity index (χ2n) is 7.29. The van der Waals surface area contributed by atoms with Crippen LogP contribution in [0.25, 0.3) is 0 Å². The maximum absolute atomic E-state index is 13.3. The third-order valence-electron chi connectivity index (χ3n) is 5.30. The Hall–Kier alpha value is -2.04. The third-order valence-corrected chi connectivity index (χ3v) is 5.30. The summed E-state index contributed by atoms with van der Waals surface area (Å²) >= 11 is 0. The molecule has 0 saturated carbocycles. The van der Waals surface area contributed by atoms with E-state index in [2.05, 4.69) is 42.2 Å². The Balaban J connectivity index is 0.00000261. The number of para-hydroxylation sites is 1. The Bertz CT molecular complexity index is 761. The van der Waals surface area contributed by atoms with Gasteiger partial charge in [0, 0.05) is 24.7 Å². The van der Waals surface area contributed by atoms with Crippen LogP contribution in [0.3, 0.4) is 0 Å². The molecule has 4 nitrogen and oxygen atoms in total. The topological polar surface area (TPSA) is 32.8 Å². The van der Waals surface area contributed by atoms with Gasteiger partial charge in [0.2, 0.25) is 5.91 Å². The maximum atomic E-state index is 13.3. The van der Waals surface area contributed by atoms with Crippen LogP contribution in [-0.2, 0) is 11.2 Å². The average molecular weight is 389 g/mol. The summed E-state index contributed by atoms with van der Waals surface area (Å²) < 4.78 is 5.28. The summed E-state index contributed by atoms with van der Waals surface area (Å²) in [6.45, 7) is 3.62. The first-order valence-electron chi connectivity index (χ1n) is 9.19. The van der Waals surface area contributed by atoms with Crippen molar-refractivity contribution in [3.05, 3.63) is 59.7 Å². The number of methoxy groups -OCH3 is 1. The van der Waals surface area contributed by atoms with Gasteiger partial charge in [0.05, 0.1) is 7.11 Å². The highest BCUT2D eigenvalue weighted by Gasteiger charge is 2.34. The fraction of sp³-hybridized carbons (Fsp3) is 0.409. The summed E-state index contributed by atoms with van der Waals surface area (Å²) in [6.07, 6.45) is 0.869. The molecule has 0 spiro atoms. The number of carbonyl (C=O) groups excluding carboxylic acids is 1. The Morgan fingerprint density at radius 1 is 1.11 bits per heavy atom. The molecule has 0 saturated heterocycles. The van der Waals surface area contributed by atoms with Gasteiger partial charge in [0.25, 0.3) is 0 Å². The molecule has 1 aliphatic heterocycles. The van der Waals surface area contributed by atoms with Gasteiger partial charge in [-0.2, -0.15) is 0 Å². The standard InChI is InChI=1S/C22H28N2O2.ClH/c1-16-20(17-9-11-19(26-4)12-10-17)15-18-7-5-6-8-21(18)24(22(16)25)14-13-23(2)3;/h5-12,16,20H,13-15H2,1-4H3;1H/t16-,20-;/m0./s1. The highest BCUT2D eigenvalue weighted by Crippen LogP contribution is 2.38. The van der Waals surface area contributed by atoms with Crippen LogP contribution < -0.4 is 9.64 Å². The number of hydrogen-bond acceptors (Lipinski definition) is 3. The van der Waals surface area contributed by atoms with E-state index >= 15 is 0 Å². The maximum Gasteiger partial charge on any atom is 0.230 e. The van der Waals surface area contributed by atoms with Gasteiger partial charge in [-0.25, -0.2) is 0 Å². The number of amides is 1. The molecule has 2 aromatic carbocycles. The molecule has 0 fully saturated rings. The van der Waals surface area contributed by atoms with E-state index in [1.54, 1.807) is 7.11 Å². The smallest absolute Gasteiger partial charge is 0.230 e. The monoisotopic (exact) mass is 388 g/mol. The van der Waals surface area contributed by atoms with Crippen molar-refractivity contribution in [1.82, 2.24) is 4.90 Å². The molecule has 0 aromatic heterocycles. The second-order valence-corrected chi connectivity index (χ2v) is 7.29. The van der Waals surface area contributed by atoms with Crippen LogP contribution >= 0.6 is 12.4 Å². The number of carbonyl (C=O) groups is 1.